The maximum absolute atomic E-state index is 12.5. The normalized spacial score (nSPS) is 22.6. The van der Waals surface area contributed by atoms with E-state index in [0.29, 0.717) is 6.54 Å². The number of rotatable bonds is 1. The van der Waals surface area contributed by atoms with Crippen LogP contribution in [0.5, 0.6) is 0 Å². The van der Waals surface area contributed by atoms with Crippen LogP contribution in [0.3, 0.4) is 0 Å². The number of hydrogen-bond acceptors (Lipinski definition) is 2. The SMILES string of the molecule is CC(C)(C)OC(=O)N1CCC[C@@H]1CF. The first-order valence-corrected chi connectivity index (χ1v) is 4.99. The number of halogens is 1. The zero-order chi connectivity index (χ0) is 10.8. The molecule has 1 rings (SSSR count). The molecule has 0 N–H and O–H groups in total. The number of carbonyl (C=O) groups is 1. The van der Waals surface area contributed by atoms with Crippen molar-refractivity contribution in [2.75, 3.05) is 13.2 Å². The molecule has 0 aliphatic carbocycles. The molecule has 0 aromatic rings. The molecule has 1 saturated heterocycles. The fraction of sp³-hybridized carbons (Fsp3) is 0.900. The van der Waals surface area contributed by atoms with Gasteiger partial charge in [-0.3, -0.25) is 0 Å². The van der Waals surface area contributed by atoms with Crippen molar-refractivity contribution >= 4 is 6.09 Å². The second-order valence-electron chi connectivity index (χ2n) is 4.62. The molecule has 0 bridgehead atoms. The third kappa shape index (κ3) is 2.86. The van der Waals surface area contributed by atoms with Crippen LogP contribution in [0.15, 0.2) is 0 Å². The van der Waals surface area contributed by atoms with Crippen molar-refractivity contribution in [1.82, 2.24) is 4.90 Å². The van der Waals surface area contributed by atoms with Crippen LogP contribution in [0.4, 0.5) is 9.18 Å². The van der Waals surface area contributed by atoms with E-state index in [9.17, 15) is 9.18 Å². The van der Waals surface area contributed by atoms with E-state index in [1.54, 1.807) is 0 Å². The lowest BCUT2D eigenvalue weighted by atomic mass is 10.2. The van der Waals surface area contributed by atoms with Gasteiger partial charge in [0.1, 0.15) is 12.3 Å². The average Bonchev–Trinajstić information content (AvgIpc) is 2.47. The van der Waals surface area contributed by atoms with E-state index in [4.69, 9.17) is 4.74 Å². The van der Waals surface area contributed by atoms with E-state index in [-0.39, 0.29) is 6.04 Å². The van der Waals surface area contributed by atoms with E-state index < -0.39 is 18.4 Å². The van der Waals surface area contributed by atoms with Gasteiger partial charge in [-0.05, 0) is 33.6 Å². The largest absolute Gasteiger partial charge is 0.444 e. The molecule has 0 radical (unpaired) electrons. The standard InChI is InChI=1S/C10H18FNO2/c1-10(2,3)14-9(13)12-6-4-5-8(12)7-11/h8H,4-7H2,1-3H3/t8-/m1/s1. The second kappa shape index (κ2) is 4.15. The molecule has 1 fully saturated rings. The predicted octanol–water partition coefficient (Wildman–Crippen LogP) is 2.36. The molecule has 1 aliphatic rings. The van der Waals surface area contributed by atoms with E-state index in [1.807, 2.05) is 20.8 Å². The van der Waals surface area contributed by atoms with Crippen LogP contribution in [0, 0.1) is 0 Å². The molecule has 0 aromatic heterocycles. The van der Waals surface area contributed by atoms with Crippen molar-refractivity contribution < 1.29 is 13.9 Å². The van der Waals surface area contributed by atoms with Crippen molar-refractivity contribution in [3.63, 3.8) is 0 Å². The molecule has 3 nitrogen and oxygen atoms in total. The van der Waals surface area contributed by atoms with Gasteiger partial charge < -0.3 is 9.64 Å². The Morgan fingerprint density at radius 1 is 1.57 bits per heavy atom. The van der Waals surface area contributed by atoms with E-state index >= 15 is 0 Å². The van der Waals surface area contributed by atoms with Gasteiger partial charge >= 0.3 is 6.09 Å². The fourth-order valence-electron chi connectivity index (χ4n) is 1.56. The van der Waals surface area contributed by atoms with Crippen molar-refractivity contribution in [3.8, 4) is 0 Å². The van der Waals surface area contributed by atoms with Gasteiger partial charge in [0.25, 0.3) is 0 Å². The van der Waals surface area contributed by atoms with Crippen LogP contribution < -0.4 is 0 Å². The molecule has 82 valence electrons. The average molecular weight is 203 g/mol. The number of ether oxygens (including phenoxy) is 1. The van der Waals surface area contributed by atoms with Gasteiger partial charge in [-0.1, -0.05) is 0 Å². The maximum atomic E-state index is 12.5. The minimum Gasteiger partial charge on any atom is -0.444 e. The van der Waals surface area contributed by atoms with Crippen molar-refractivity contribution in [2.24, 2.45) is 0 Å². The third-order valence-electron chi connectivity index (χ3n) is 2.18. The molecule has 1 amide bonds. The zero-order valence-corrected chi connectivity index (χ0v) is 9.05. The smallest absolute Gasteiger partial charge is 0.410 e. The monoisotopic (exact) mass is 203 g/mol. The lowest BCUT2D eigenvalue weighted by molar-refractivity contribution is 0.0207. The first-order chi connectivity index (χ1) is 6.44. The van der Waals surface area contributed by atoms with Crippen molar-refractivity contribution in [2.45, 2.75) is 45.3 Å². The number of nitrogens with zero attached hydrogens (tertiary/aromatic N) is 1. The minimum absolute atomic E-state index is 0.273. The minimum atomic E-state index is -0.499. The number of carbonyl (C=O) groups excluding carboxylic acids is 1. The molecular weight excluding hydrogens is 185 g/mol. The number of amides is 1. The van der Waals surface area contributed by atoms with Crippen LogP contribution in [-0.4, -0.2) is 35.9 Å². The highest BCUT2D eigenvalue weighted by Gasteiger charge is 2.31. The summed E-state index contributed by atoms with van der Waals surface area (Å²) in [5, 5.41) is 0. The van der Waals surface area contributed by atoms with Gasteiger partial charge in [0.05, 0.1) is 6.04 Å². The molecular formula is C10H18FNO2. The Bertz CT molecular complexity index is 213. The number of alkyl halides is 1. The summed E-state index contributed by atoms with van der Waals surface area (Å²) in [6, 6.07) is -0.273. The lowest BCUT2D eigenvalue weighted by Crippen LogP contribution is -2.40. The molecule has 0 aromatic carbocycles. The van der Waals surface area contributed by atoms with Gasteiger partial charge in [-0.25, -0.2) is 9.18 Å². The van der Waals surface area contributed by atoms with Crippen molar-refractivity contribution in [1.29, 1.82) is 0 Å². The van der Waals surface area contributed by atoms with Crippen molar-refractivity contribution in [3.05, 3.63) is 0 Å². The van der Waals surface area contributed by atoms with Crippen LogP contribution in [0.25, 0.3) is 0 Å². The van der Waals surface area contributed by atoms with Crippen LogP contribution in [0.1, 0.15) is 33.6 Å². The highest BCUT2D eigenvalue weighted by molar-refractivity contribution is 5.68. The van der Waals surface area contributed by atoms with Gasteiger partial charge in [-0.15, -0.1) is 0 Å². The summed E-state index contributed by atoms with van der Waals surface area (Å²) < 4.78 is 17.7. The summed E-state index contributed by atoms with van der Waals surface area (Å²) in [4.78, 5) is 13.1. The quantitative estimate of drug-likeness (QED) is 0.654. The summed E-state index contributed by atoms with van der Waals surface area (Å²) in [5.74, 6) is 0. The second-order valence-corrected chi connectivity index (χ2v) is 4.62. The van der Waals surface area contributed by atoms with Gasteiger partial charge in [0, 0.05) is 6.54 Å². The maximum Gasteiger partial charge on any atom is 0.410 e. The molecule has 1 atom stereocenters. The molecule has 0 saturated carbocycles. The summed E-state index contributed by atoms with van der Waals surface area (Å²) >= 11 is 0. The molecule has 0 unspecified atom stereocenters. The fourth-order valence-corrected chi connectivity index (χ4v) is 1.56. The lowest BCUT2D eigenvalue weighted by Gasteiger charge is -2.27. The molecule has 4 heteroatoms. The Kier molecular flexibility index (Phi) is 3.34. The Balaban J connectivity index is 2.52. The topological polar surface area (TPSA) is 29.5 Å². The van der Waals surface area contributed by atoms with Crippen LogP contribution in [-0.2, 0) is 4.74 Å². The Morgan fingerprint density at radius 2 is 2.21 bits per heavy atom. The molecule has 14 heavy (non-hydrogen) atoms. The third-order valence-corrected chi connectivity index (χ3v) is 2.18. The molecule has 0 spiro atoms. The summed E-state index contributed by atoms with van der Waals surface area (Å²) in [6.07, 6.45) is 1.22. The first kappa shape index (κ1) is 11.3. The summed E-state index contributed by atoms with van der Waals surface area (Å²) in [5.41, 5.74) is -0.499. The molecule has 1 heterocycles. The van der Waals surface area contributed by atoms with E-state index in [0.717, 1.165) is 12.8 Å². The highest BCUT2D eigenvalue weighted by atomic mass is 19.1. The summed E-state index contributed by atoms with van der Waals surface area (Å²) in [6.45, 7) is 5.57. The van der Waals surface area contributed by atoms with Crippen LogP contribution >= 0.6 is 0 Å². The first-order valence-electron chi connectivity index (χ1n) is 4.99. The van der Waals surface area contributed by atoms with Crippen LogP contribution in [0.2, 0.25) is 0 Å². The number of hydrogen-bond donors (Lipinski definition) is 0. The van der Waals surface area contributed by atoms with Gasteiger partial charge in [0.2, 0.25) is 0 Å². The van der Waals surface area contributed by atoms with E-state index in [2.05, 4.69) is 0 Å². The number of likely N-dealkylation sites (tertiary alicyclic amines) is 1. The van der Waals surface area contributed by atoms with E-state index in [1.165, 1.54) is 4.90 Å². The van der Waals surface area contributed by atoms with Gasteiger partial charge in [-0.2, -0.15) is 0 Å². The Hall–Kier alpha value is -0.800. The molecule has 1 aliphatic heterocycles. The van der Waals surface area contributed by atoms with Gasteiger partial charge in [0.15, 0.2) is 0 Å². The predicted molar refractivity (Wildman–Crippen MR) is 51.9 cm³/mol. The summed E-state index contributed by atoms with van der Waals surface area (Å²) in [7, 11) is 0. The Morgan fingerprint density at radius 3 is 2.71 bits per heavy atom. The highest BCUT2D eigenvalue weighted by Crippen LogP contribution is 2.20. The zero-order valence-electron chi connectivity index (χ0n) is 9.05. The Labute approximate surface area is 84.2 Å².